The normalized spacial score (nSPS) is 10.1. The molecule has 3 N–H and O–H groups in total. The monoisotopic (exact) mass is 259 g/mol. The molecule has 5 heteroatoms. The zero-order valence-electron chi connectivity index (χ0n) is 9.88. The first-order chi connectivity index (χ1) is 8.72. The predicted molar refractivity (Wildman–Crippen MR) is 72.4 cm³/mol. The van der Waals surface area contributed by atoms with Crippen molar-refractivity contribution in [1.29, 1.82) is 5.41 Å². The summed E-state index contributed by atoms with van der Waals surface area (Å²) >= 11 is 1.49. The topological polar surface area (TPSA) is 72.0 Å². The zero-order valence-corrected chi connectivity index (χ0v) is 10.7. The number of amidine groups is 1. The molecule has 1 heterocycles. The van der Waals surface area contributed by atoms with Crippen molar-refractivity contribution in [2.24, 2.45) is 5.73 Å². The van der Waals surface area contributed by atoms with Gasteiger partial charge in [0.1, 0.15) is 17.3 Å². The van der Waals surface area contributed by atoms with E-state index in [1.165, 1.54) is 11.8 Å². The molecule has 0 fully saturated rings. The highest BCUT2D eigenvalue weighted by atomic mass is 32.2. The highest BCUT2D eigenvalue weighted by Gasteiger charge is 2.10. The number of methoxy groups -OCH3 is 1. The number of pyridine rings is 1. The fourth-order valence-electron chi connectivity index (χ4n) is 1.50. The van der Waals surface area contributed by atoms with Crippen LogP contribution in [0.25, 0.3) is 0 Å². The number of nitrogen functional groups attached to an aromatic ring is 1. The fourth-order valence-corrected chi connectivity index (χ4v) is 2.54. The second kappa shape index (κ2) is 5.55. The highest BCUT2D eigenvalue weighted by molar-refractivity contribution is 7.99. The van der Waals surface area contributed by atoms with Gasteiger partial charge in [0, 0.05) is 11.1 Å². The van der Waals surface area contributed by atoms with Crippen LogP contribution in [-0.4, -0.2) is 17.9 Å². The molecule has 0 saturated heterocycles. The summed E-state index contributed by atoms with van der Waals surface area (Å²) in [5.41, 5.74) is 6.01. The molecule has 1 aromatic heterocycles. The second-order valence-corrected chi connectivity index (χ2v) is 4.60. The number of nitrogens with zero attached hydrogens (tertiary/aromatic N) is 1. The number of rotatable bonds is 4. The van der Waals surface area contributed by atoms with E-state index in [0.29, 0.717) is 5.69 Å². The van der Waals surface area contributed by atoms with Crippen LogP contribution in [0.1, 0.15) is 5.69 Å². The van der Waals surface area contributed by atoms with Crippen LogP contribution in [-0.2, 0) is 0 Å². The van der Waals surface area contributed by atoms with E-state index >= 15 is 0 Å². The van der Waals surface area contributed by atoms with Gasteiger partial charge >= 0.3 is 0 Å². The number of nitrogens with one attached hydrogen (secondary N) is 1. The average Bonchev–Trinajstić information content (AvgIpc) is 2.40. The lowest BCUT2D eigenvalue weighted by atomic mass is 10.3. The van der Waals surface area contributed by atoms with Gasteiger partial charge in [-0.1, -0.05) is 23.9 Å². The molecule has 2 aromatic rings. The number of ether oxygens (including phenoxy) is 1. The number of hydrogen-bond acceptors (Lipinski definition) is 4. The predicted octanol–water partition coefficient (Wildman–Crippen LogP) is 2.53. The number of hydrogen-bond donors (Lipinski definition) is 2. The van der Waals surface area contributed by atoms with Gasteiger partial charge < -0.3 is 10.5 Å². The van der Waals surface area contributed by atoms with Gasteiger partial charge in [-0.2, -0.15) is 0 Å². The Balaban J connectivity index is 2.37. The minimum Gasteiger partial charge on any atom is -0.496 e. The van der Waals surface area contributed by atoms with E-state index in [9.17, 15) is 0 Å². The number of aromatic nitrogens is 1. The molecule has 0 aliphatic heterocycles. The number of para-hydroxylation sites is 1. The molecule has 4 nitrogen and oxygen atoms in total. The minimum absolute atomic E-state index is 0.0343. The van der Waals surface area contributed by atoms with Crippen LogP contribution < -0.4 is 10.5 Å². The molecule has 0 bridgehead atoms. The first-order valence-electron chi connectivity index (χ1n) is 5.32. The van der Waals surface area contributed by atoms with Gasteiger partial charge in [0.25, 0.3) is 0 Å². The number of benzene rings is 1. The Bertz CT molecular complexity index is 572. The third-order valence-electron chi connectivity index (χ3n) is 2.31. The van der Waals surface area contributed by atoms with E-state index in [1.807, 2.05) is 36.4 Å². The molecule has 2 rings (SSSR count). The Kier molecular flexibility index (Phi) is 3.84. The van der Waals surface area contributed by atoms with Crippen molar-refractivity contribution in [3.05, 3.63) is 48.3 Å². The maximum atomic E-state index is 7.51. The van der Waals surface area contributed by atoms with Crippen LogP contribution in [0.4, 0.5) is 0 Å². The first kappa shape index (κ1) is 12.4. The largest absolute Gasteiger partial charge is 0.496 e. The maximum Gasteiger partial charge on any atom is 0.142 e. The van der Waals surface area contributed by atoms with E-state index in [2.05, 4.69) is 4.98 Å². The van der Waals surface area contributed by atoms with Gasteiger partial charge in [-0.3, -0.25) is 10.4 Å². The van der Waals surface area contributed by atoms with Crippen LogP contribution in [0, 0.1) is 5.41 Å². The van der Waals surface area contributed by atoms with Crippen LogP contribution in [0.15, 0.2) is 52.4 Å². The molecule has 0 amide bonds. The number of nitrogens with two attached hydrogens (primary N) is 1. The molecule has 92 valence electrons. The van der Waals surface area contributed by atoms with E-state index in [0.717, 1.165) is 15.5 Å². The van der Waals surface area contributed by atoms with Gasteiger partial charge in [0.05, 0.1) is 12.0 Å². The summed E-state index contributed by atoms with van der Waals surface area (Å²) in [6, 6.07) is 11.4. The second-order valence-electron chi connectivity index (χ2n) is 3.52. The van der Waals surface area contributed by atoms with Crippen molar-refractivity contribution >= 4 is 17.6 Å². The summed E-state index contributed by atoms with van der Waals surface area (Å²) in [6.45, 7) is 0. The first-order valence-corrected chi connectivity index (χ1v) is 6.14. The van der Waals surface area contributed by atoms with E-state index in [4.69, 9.17) is 15.9 Å². The summed E-state index contributed by atoms with van der Waals surface area (Å²) in [7, 11) is 1.63. The minimum atomic E-state index is -0.0343. The van der Waals surface area contributed by atoms with Gasteiger partial charge in [0.2, 0.25) is 0 Å². The zero-order chi connectivity index (χ0) is 13.0. The van der Waals surface area contributed by atoms with Crippen molar-refractivity contribution < 1.29 is 4.74 Å². The van der Waals surface area contributed by atoms with E-state index in [1.54, 1.807) is 13.3 Å². The lowest BCUT2D eigenvalue weighted by Crippen LogP contribution is -2.14. The Hall–Kier alpha value is -2.01. The van der Waals surface area contributed by atoms with Crippen LogP contribution in [0.5, 0.6) is 5.75 Å². The Morgan fingerprint density at radius 1 is 1.22 bits per heavy atom. The Morgan fingerprint density at radius 2 is 1.94 bits per heavy atom. The van der Waals surface area contributed by atoms with Gasteiger partial charge in [-0.25, -0.2) is 0 Å². The van der Waals surface area contributed by atoms with Crippen LogP contribution >= 0.6 is 11.8 Å². The molecular weight excluding hydrogens is 246 g/mol. The molecular formula is C13H13N3OS. The molecule has 18 heavy (non-hydrogen) atoms. The van der Waals surface area contributed by atoms with Crippen LogP contribution in [0.3, 0.4) is 0 Å². The van der Waals surface area contributed by atoms with E-state index < -0.39 is 0 Å². The maximum absolute atomic E-state index is 7.51. The van der Waals surface area contributed by atoms with Crippen molar-refractivity contribution in [1.82, 2.24) is 4.98 Å². The standard InChI is InChI=1S/C13H13N3OS/c1-17-9-5-2-3-6-10(9)18-11-7-4-8-16-12(11)13(14)15/h2-8H,1H3,(H3,14,15). The average molecular weight is 259 g/mol. The van der Waals surface area contributed by atoms with Crippen molar-refractivity contribution in [3.63, 3.8) is 0 Å². The molecule has 0 saturated carbocycles. The summed E-state index contributed by atoms with van der Waals surface area (Å²) in [5, 5.41) is 7.51. The summed E-state index contributed by atoms with van der Waals surface area (Å²) in [6.07, 6.45) is 1.63. The molecule has 0 atom stereocenters. The lowest BCUT2D eigenvalue weighted by Gasteiger charge is -2.09. The quantitative estimate of drug-likeness (QED) is 0.653. The lowest BCUT2D eigenvalue weighted by molar-refractivity contribution is 0.405. The summed E-state index contributed by atoms with van der Waals surface area (Å²) in [5.74, 6) is 0.758. The van der Waals surface area contributed by atoms with Crippen molar-refractivity contribution in [3.8, 4) is 5.75 Å². The SMILES string of the molecule is COc1ccccc1Sc1cccnc1C(=N)N. The molecule has 0 aliphatic carbocycles. The van der Waals surface area contributed by atoms with E-state index in [-0.39, 0.29) is 5.84 Å². The van der Waals surface area contributed by atoms with Gasteiger partial charge in [-0.15, -0.1) is 0 Å². The summed E-state index contributed by atoms with van der Waals surface area (Å²) < 4.78 is 5.29. The fraction of sp³-hybridized carbons (Fsp3) is 0.0769. The molecule has 1 aromatic carbocycles. The molecule has 0 radical (unpaired) electrons. The van der Waals surface area contributed by atoms with Crippen molar-refractivity contribution in [2.45, 2.75) is 9.79 Å². The summed E-state index contributed by atoms with van der Waals surface area (Å²) in [4.78, 5) is 5.93. The molecule has 0 aliphatic rings. The molecule has 0 spiro atoms. The van der Waals surface area contributed by atoms with Gasteiger partial charge in [-0.05, 0) is 24.3 Å². The smallest absolute Gasteiger partial charge is 0.142 e. The third kappa shape index (κ3) is 2.62. The van der Waals surface area contributed by atoms with Gasteiger partial charge in [0.15, 0.2) is 0 Å². The molecule has 0 unspecified atom stereocenters. The highest BCUT2D eigenvalue weighted by Crippen LogP contribution is 2.35. The Morgan fingerprint density at radius 3 is 2.67 bits per heavy atom. The third-order valence-corrected chi connectivity index (χ3v) is 3.42. The Labute approximate surface area is 110 Å². The van der Waals surface area contributed by atoms with Crippen molar-refractivity contribution in [2.75, 3.05) is 7.11 Å². The van der Waals surface area contributed by atoms with Crippen LogP contribution in [0.2, 0.25) is 0 Å².